The first-order valence-electron chi connectivity index (χ1n) is 8.51. The fraction of sp³-hybridized carbons (Fsp3) is 0.333. The van der Waals surface area contributed by atoms with Crippen LogP contribution in [0.15, 0.2) is 45.9 Å². The quantitative estimate of drug-likeness (QED) is 0.763. The van der Waals surface area contributed by atoms with Gasteiger partial charge in [0.15, 0.2) is 5.78 Å². The lowest BCUT2D eigenvalue weighted by atomic mass is 10.2. The smallest absolute Gasteiger partial charge is 0.257 e. The largest absolute Gasteiger partial charge is 0.467 e. The molecule has 1 aromatic heterocycles. The van der Waals surface area contributed by atoms with Gasteiger partial charge in [-0.05, 0) is 25.1 Å². The van der Waals surface area contributed by atoms with Crippen LogP contribution in [0.25, 0.3) is 0 Å². The van der Waals surface area contributed by atoms with Gasteiger partial charge in [0.25, 0.3) is 5.91 Å². The molecule has 0 saturated carbocycles. The van der Waals surface area contributed by atoms with E-state index in [0.717, 1.165) is 0 Å². The van der Waals surface area contributed by atoms with Crippen molar-refractivity contribution in [1.29, 1.82) is 0 Å². The van der Waals surface area contributed by atoms with E-state index in [4.69, 9.17) is 10.2 Å². The Morgan fingerprint density at radius 3 is 2.22 bits per heavy atom. The normalized spacial score (nSPS) is 15.7. The van der Waals surface area contributed by atoms with Crippen molar-refractivity contribution < 1.29 is 22.4 Å². The first-order chi connectivity index (χ1) is 12.8. The van der Waals surface area contributed by atoms with E-state index in [0.29, 0.717) is 16.9 Å². The summed E-state index contributed by atoms with van der Waals surface area (Å²) in [5.74, 6) is 0.193. The van der Waals surface area contributed by atoms with Crippen LogP contribution in [0.4, 0.5) is 0 Å². The molecule has 8 nitrogen and oxygen atoms in total. The van der Waals surface area contributed by atoms with Gasteiger partial charge >= 0.3 is 0 Å². The highest BCUT2D eigenvalue weighted by Crippen LogP contribution is 2.20. The maximum absolute atomic E-state index is 12.8. The summed E-state index contributed by atoms with van der Waals surface area (Å²) in [5.41, 5.74) is 6.35. The van der Waals surface area contributed by atoms with Crippen molar-refractivity contribution in [3.05, 3.63) is 53.5 Å². The van der Waals surface area contributed by atoms with Gasteiger partial charge in [-0.3, -0.25) is 9.59 Å². The highest BCUT2D eigenvalue weighted by Gasteiger charge is 2.30. The number of nitrogens with zero attached hydrogens (tertiary/aromatic N) is 2. The SMILES string of the molecule is CC(=O)c1ccc(S(=O)(=O)N2CCN(C(=O)c3coc(CN)c3)CC2)cc1. The molecule has 2 N–H and O–H groups in total. The van der Waals surface area contributed by atoms with Crippen LogP contribution in [0, 0.1) is 0 Å². The van der Waals surface area contributed by atoms with E-state index in [1.807, 2.05) is 0 Å². The Morgan fingerprint density at radius 2 is 1.70 bits per heavy atom. The molecule has 3 rings (SSSR count). The molecule has 2 aromatic rings. The molecule has 0 radical (unpaired) electrons. The molecule has 0 spiro atoms. The van der Waals surface area contributed by atoms with Gasteiger partial charge in [-0.1, -0.05) is 12.1 Å². The van der Waals surface area contributed by atoms with E-state index < -0.39 is 10.0 Å². The number of amides is 1. The number of Topliss-reactive ketones (excluding diaryl/α,β-unsaturated/α-hetero) is 1. The summed E-state index contributed by atoms with van der Waals surface area (Å²) in [6.45, 7) is 2.60. The number of hydrogen-bond acceptors (Lipinski definition) is 6. The third kappa shape index (κ3) is 3.95. The van der Waals surface area contributed by atoms with E-state index in [-0.39, 0.29) is 49.3 Å². The van der Waals surface area contributed by atoms with Crippen molar-refractivity contribution in [2.45, 2.75) is 18.4 Å². The third-order valence-electron chi connectivity index (χ3n) is 4.53. The number of benzene rings is 1. The van der Waals surface area contributed by atoms with Crippen molar-refractivity contribution >= 4 is 21.7 Å². The lowest BCUT2D eigenvalue weighted by Gasteiger charge is -2.33. The van der Waals surface area contributed by atoms with Gasteiger partial charge in [0.1, 0.15) is 12.0 Å². The highest BCUT2D eigenvalue weighted by atomic mass is 32.2. The summed E-state index contributed by atoms with van der Waals surface area (Å²) in [4.78, 5) is 25.5. The van der Waals surface area contributed by atoms with Gasteiger partial charge in [-0.2, -0.15) is 4.31 Å². The summed E-state index contributed by atoms with van der Waals surface area (Å²) in [7, 11) is -3.67. The molecule has 144 valence electrons. The fourth-order valence-electron chi connectivity index (χ4n) is 2.92. The summed E-state index contributed by atoms with van der Waals surface area (Å²) in [6.07, 6.45) is 1.37. The first kappa shape index (κ1) is 19.3. The summed E-state index contributed by atoms with van der Waals surface area (Å²) in [6, 6.07) is 7.47. The summed E-state index contributed by atoms with van der Waals surface area (Å²) >= 11 is 0. The lowest BCUT2D eigenvalue weighted by Crippen LogP contribution is -2.50. The average Bonchev–Trinajstić information content (AvgIpc) is 3.17. The predicted molar refractivity (Wildman–Crippen MR) is 97.7 cm³/mol. The minimum Gasteiger partial charge on any atom is -0.467 e. The monoisotopic (exact) mass is 391 g/mol. The summed E-state index contributed by atoms with van der Waals surface area (Å²) < 4.78 is 32.1. The number of piperazine rings is 1. The van der Waals surface area contributed by atoms with Crippen molar-refractivity contribution in [2.24, 2.45) is 5.73 Å². The lowest BCUT2D eigenvalue weighted by molar-refractivity contribution is 0.0697. The topological polar surface area (TPSA) is 114 Å². The van der Waals surface area contributed by atoms with Crippen LogP contribution < -0.4 is 5.73 Å². The molecule has 2 heterocycles. The Labute approximate surface area is 157 Å². The molecular weight excluding hydrogens is 370 g/mol. The molecule has 0 aliphatic carbocycles. The third-order valence-corrected chi connectivity index (χ3v) is 6.44. The molecule has 1 saturated heterocycles. The van der Waals surface area contributed by atoms with Crippen molar-refractivity contribution in [2.75, 3.05) is 26.2 Å². The molecule has 1 aromatic carbocycles. The van der Waals surface area contributed by atoms with Crippen LogP contribution in [0.2, 0.25) is 0 Å². The van der Waals surface area contributed by atoms with Gasteiger partial charge in [-0.15, -0.1) is 0 Å². The molecular formula is C18H21N3O5S. The van der Waals surface area contributed by atoms with Gasteiger partial charge in [0, 0.05) is 31.7 Å². The zero-order chi connectivity index (χ0) is 19.6. The Hall–Kier alpha value is -2.49. The Kier molecular flexibility index (Phi) is 5.45. The minimum absolute atomic E-state index is 0.122. The molecule has 1 aliphatic heterocycles. The number of ketones is 1. The number of carbonyl (C=O) groups excluding carboxylic acids is 2. The van der Waals surface area contributed by atoms with Crippen molar-refractivity contribution in [3.63, 3.8) is 0 Å². The Morgan fingerprint density at radius 1 is 1.07 bits per heavy atom. The first-order valence-corrected chi connectivity index (χ1v) is 9.95. The number of sulfonamides is 1. The van der Waals surface area contributed by atoms with Gasteiger partial charge < -0.3 is 15.1 Å². The second-order valence-corrected chi connectivity index (χ2v) is 8.22. The zero-order valence-electron chi connectivity index (χ0n) is 14.9. The van der Waals surface area contributed by atoms with Crippen LogP contribution in [-0.4, -0.2) is 55.5 Å². The maximum Gasteiger partial charge on any atom is 0.257 e. The van der Waals surface area contributed by atoms with E-state index >= 15 is 0 Å². The van der Waals surface area contributed by atoms with Crippen molar-refractivity contribution in [1.82, 2.24) is 9.21 Å². The second-order valence-electron chi connectivity index (χ2n) is 6.28. The van der Waals surface area contributed by atoms with Crippen molar-refractivity contribution in [3.8, 4) is 0 Å². The van der Waals surface area contributed by atoms with E-state index in [2.05, 4.69) is 0 Å². The van der Waals surface area contributed by atoms with Gasteiger partial charge in [0.05, 0.1) is 17.0 Å². The molecule has 1 amide bonds. The molecule has 0 bridgehead atoms. The maximum atomic E-state index is 12.8. The molecule has 0 unspecified atom stereocenters. The van der Waals surface area contributed by atoms with Crippen LogP contribution >= 0.6 is 0 Å². The summed E-state index contributed by atoms with van der Waals surface area (Å²) in [5, 5.41) is 0. The Balaban J connectivity index is 1.67. The number of rotatable bonds is 5. The van der Waals surface area contributed by atoms with Crippen LogP contribution in [0.3, 0.4) is 0 Å². The molecule has 0 atom stereocenters. The van der Waals surface area contributed by atoms with Gasteiger partial charge in [-0.25, -0.2) is 8.42 Å². The Bertz CT molecular complexity index is 942. The molecule has 1 aliphatic rings. The second kappa shape index (κ2) is 7.63. The zero-order valence-corrected chi connectivity index (χ0v) is 15.7. The van der Waals surface area contributed by atoms with Crippen LogP contribution in [0.1, 0.15) is 33.4 Å². The van der Waals surface area contributed by atoms with Crippen LogP contribution in [-0.2, 0) is 16.6 Å². The molecule has 1 fully saturated rings. The highest BCUT2D eigenvalue weighted by molar-refractivity contribution is 7.89. The number of hydrogen-bond donors (Lipinski definition) is 1. The van der Waals surface area contributed by atoms with E-state index in [9.17, 15) is 18.0 Å². The molecule has 9 heteroatoms. The molecule has 27 heavy (non-hydrogen) atoms. The number of nitrogens with two attached hydrogens (primary N) is 1. The van der Waals surface area contributed by atoms with Crippen LogP contribution in [0.5, 0.6) is 0 Å². The van der Waals surface area contributed by atoms with E-state index in [1.165, 1.54) is 41.8 Å². The van der Waals surface area contributed by atoms with Gasteiger partial charge in [0.2, 0.25) is 10.0 Å². The number of furan rings is 1. The minimum atomic E-state index is -3.67. The fourth-order valence-corrected chi connectivity index (χ4v) is 4.35. The van der Waals surface area contributed by atoms with E-state index in [1.54, 1.807) is 11.0 Å². The number of carbonyl (C=O) groups is 2. The standard InChI is InChI=1S/C18H21N3O5S/c1-13(22)14-2-4-17(5-3-14)27(24,25)21-8-6-20(7-9-21)18(23)15-10-16(11-19)26-12-15/h2-5,10,12H,6-9,11,19H2,1H3. The predicted octanol–water partition coefficient (Wildman–Crippen LogP) is 1.09. The average molecular weight is 391 g/mol.